The quantitative estimate of drug-likeness (QED) is 0.171. The van der Waals surface area contributed by atoms with Crippen LogP contribution in [0.4, 0.5) is 28.4 Å². The highest BCUT2D eigenvalue weighted by Gasteiger charge is 2.61. The molecule has 2 unspecified atom stereocenters. The maximum Gasteiger partial charge on any atom is 0.252 e. The summed E-state index contributed by atoms with van der Waals surface area (Å²) in [5, 5.41) is 2.50. The van der Waals surface area contributed by atoms with Gasteiger partial charge in [-0.1, -0.05) is 111 Å². The van der Waals surface area contributed by atoms with Crippen LogP contribution in [-0.4, -0.2) is 16.8 Å². The predicted octanol–water partition coefficient (Wildman–Crippen LogP) is 10.4. The Kier molecular flexibility index (Phi) is 6.01. The Bertz CT molecular complexity index is 2850. The largest absolute Gasteiger partial charge is 0.335 e. The van der Waals surface area contributed by atoms with Crippen molar-refractivity contribution in [1.82, 2.24) is 4.57 Å². The minimum absolute atomic E-state index is 0.0322. The van der Waals surface area contributed by atoms with Gasteiger partial charge in [-0.2, -0.15) is 0 Å². The molecule has 12 rings (SSSR count). The fourth-order valence-electron chi connectivity index (χ4n) is 11.2. The van der Waals surface area contributed by atoms with Gasteiger partial charge < -0.3 is 14.4 Å². The number of nitrogens with zero attached hydrogens (tertiary/aromatic N) is 3. The SMILES string of the molecule is CC12CCCCC1(C)N1c3cccc4c3B(c3ccccc3N4c3cccc(-c4ccc5c(c4)c4ccccc4n5-c4cc#ccc4)c3)c3cccc2c31. The van der Waals surface area contributed by atoms with Crippen LogP contribution in [0.5, 0.6) is 0 Å². The Morgan fingerprint density at radius 1 is 0.593 bits per heavy atom. The molecular formula is C50H38BN3. The summed E-state index contributed by atoms with van der Waals surface area (Å²) in [6, 6.07) is 60.5. The molecule has 0 radical (unpaired) electrons. The summed E-state index contributed by atoms with van der Waals surface area (Å²) in [5.74, 6) is 0. The van der Waals surface area contributed by atoms with Crippen LogP contribution < -0.4 is 26.2 Å². The monoisotopic (exact) mass is 691 g/mol. The van der Waals surface area contributed by atoms with Gasteiger partial charge in [0, 0.05) is 50.7 Å². The second-order valence-electron chi connectivity index (χ2n) is 16.3. The van der Waals surface area contributed by atoms with E-state index in [4.69, 9.17) is 0 Å². The summed E-state index contributed by atoms with van der Waals surface area (Å²) >= 11 is 0. The minimum atomic E-state index is 0.0322. The van der Waals surface area contributed by atoms with Gasteiger partial charge in [0.1, 0.15) is 0 Å². The van der Waals surface area contributed by atoms with E-state index in [1.54, 1.807) is 5.56 Å². The molecule has 1 aromatic heterocycles. The van der Waals surface area contributed by atoms with E-state index >= 15 is 0 Å². The van der Waals surface area contributed by atoms with E-state index in [9.17, 15) is 0 Å². The zero-order valence-electron chi connectivity index (χ0n) is 30.6. The summed E-state index contributed by atoms with van der Waals surface area (Å²) in [7, 11) is 0. The van der Waals surface area contributed by atoms with Crippen LogP contribution in [0.25, 0.3) is 38.6 Å². The van der Waals surface area contributed by atoms with Crippen molar-refractivity contribution in [2.75, 3.05) is 9.80 Å². The Morgan fingerprint density at radius 3 is 2.28 bits per heavy atom. The zero-order valence-corrected chi connectivity index (χ0v) is 30.6. The van der Waals surface area contributed by atoms with Gasteiger partial charge in [0.2, 0.25) is 0 Å². The van der Waals surface area contributed by atoms with Gasteiger partial charge >= 0.3 is 0 Å². The zero-order chi connectivity index (χ0) is 35.8. The minimum Gasteiger partial charge on any atom is -0.335 e. The number of hydrogen-bond donors (Lipinski definition) is 0. The van der Waals surface area contributed by atoms with Crippen molar-refractivity contribution >= 4 is 73.3 Å². The van der Waals surface area contributed by atoms with E-state index in [1.165, 1.54) is 103 Å². The molecular weight excluding hydrogens is 653 g/mol. The second-order valence-corrected chi connectivity index (χ2v) is 16.3. The first-order valence-corrected chi connectivity index (χ1v) is 19.5. The fourth-order valence-corrected chi connectivity index (χ4v) is 11.2. The van der Waals surface area contributed by atoms with Crippen molar-refractivity contribution in [3.63, 3.8) is 0 Å². The molecule has 0 bridgehead atoms. The number of para-hydroxylation sites is 3. The second kappa shape index (κ2) is 10.7. The number of aromatic nitrogens is 1. The number of benzene rings is 6. The standard InChI is InChI=1S/C50H38BN3/c1-49-29-10-11-30-50(49,2)54-46-26-14-25-45-47(46)51(41-22-13-20-39(49)48(41)54)40-21-7-9-24-44(40)53(45)36-18-12-15-33(31-36)34-27-28-43-38(32-34)37-19-6-8-23-42(37)52(43)35-16-4-3-5-17-35/h4,6-9,12-28,31-32H,10-11,29-30H2,1-2H3. The maximum atomic E-state index is 3.16. The molecule has 3 aliphatic heterocycles. The van der Waals surface area contributed by atoms with Gasteiger partial charge in [0.15, 0.2) is 0 Å². The van der Waals surface area contributed by atoms with E-state index in [0.717, 1.165) is 5.69 Å². The highest BCUT2D eigenvalue weighted by molar-refractivity contribution is 7.00. The molecule has 0 amide bonds. The van der Waals surface area contributed by atoms with Crippen LogP contribution in [-0.2, 0) is 5.41 Å². The molecule has 256 valence electrons. The first-order valence-electron chi connectivity index (χ1n) is 19.5. The summed E-state index contributed by atoms with van der Waals surface area (Å²) in [4.78, 5) is 5.33. The molecule has 3 nitrogen and oxygen atoms in total. The third-order valence-corrected chi connectivity index (χ3v) is 13.8. The van der Waals surface area contributed by atoms with Crippen LogP contribution in [0.2, 0.25) is 0 Å². The molecule has 1 saturated carbocycles. The Labute approximate surface area is 317 Å². The van der Waals surface area contributed by atoms with Gasteiger partial charge in [-0.15, -0.1) is 0 Å². The normalized spacial score (nSPS) is 20.4. The van der Waals surface area contributed by atoms with Gasteiger partial charge in [-0.05, 0) is 114 Å². The van der Waals surface area contributed by atoms with E-state index in [1.807, 2.05) is 12.1 Å². The molecule has 8 aromatic rings. The van der Waals surface area contributed by atoms with Crippen molar-refractivity contribution in [1.29, 1.82) is 0 Å². The van der Waals surface area contributed by atoms with Crippen molar-refractivity contribution in [2.45, 2.75) is 50.5 Å². The third kappa shape index (κ3) is 3.74. The molecule has 0 saturated heterocycles. The number of fused-ring (bicyclic) bond motifs is 10. The summed E-state index contributed by atoms with van der Waals surface area (Å²) in [6.07, 6.45) is 5.02. The highest BCUT2D eigenvalue weighted by Crippen LogP contribution is 2.61. The van der Waals surface area contributed by atoms with Crippen molar-refractivity contribution < 1.29 is 0 Å². The lowest BCUT2D eigenvalue weighted by Gasteiger charge is -2.52. The molecule has 4 aliphatic rings. The molecule has 2 atom stereocenters. The van der Waals surface area contributed by atoms with E-state index in [0.29, 0.717) is 0 Å². The molecule has 7 aromatic carbocycles. The summed E-state index contributed by atoms with van der Waals surface area (Å²) < 4.78 is 2.34. The Hall–Kier alpha value is -6.18. The van der Waals surface area contributed by atoms with Crippen molar-refractivity contribution in [3.8, 4) is 16.8 Å². The van der Waals surface area contributed by atoms with Crippen molar-refractivity contribution in [2.24, 2.45) is 0 Å². The average molecular weight is 692 g/mol. The first-order chi connectivity index (χ1) is 26.5. The van der Waals surface area contributed by atoms with Gasteiger partial charge in [-0.3, -0.25) is 0 Å². The van der Waals surface area contributed by atoms with Crippen molar-refractivity contribution in [3.05, 3.63) is 163 Å². The molecule has 1 fully saturated rings. The molecule has 54 heavy (non-hydrogen) atoms. The number of anilines is 5. The van der Waals surface area contributed by atoms with Gasteiger partial charge in [0.05, 0.1) is 22.3 Å². The van der Waals surface area contributed by atoms with E-state index in [2.05, 4.69) is 174 Å². The maximum absolute atomic E-state index is 3.16. The Balaban J connectivity index is 1.04. The summed E-state index contributed by atoms with van der Waals surface area (Å²) in [6.45, 7) is 5.29. The highest BCUT2D eigenvalue weighted by atomic mass is 15.3. The van der Waals surface area contributed by atoms with Crippen LogP contribution >= 0.6 is 0 Å². The van der Waals surface area contributed by atoms with E-state index in [-0.39, 0.29) is 17.7 Å². The smallest absolute Gasteiger partial charge is 0.252 e. The number of rotatable bonds is 3. The van der Waals surface area contributed by atoms with E-state index < -0.39 is 0 Å². The summed E-state index contributed by atoms with van der Waals surface area (Å²) in [5.41, 5.74) is 18.5. The van der Waals surface area contributed by atoms with Gasteiger partial charge in [-0.25, -0.2) is 0 Å². The fraction of sp³-hybridized carbons (Fsp3) is 0.160. The van der Waals surface area contributed by atoms with Crippen LogP contribution in [0.15, 0.2) is 146 Å². The number of hydrogen-bond acceptors (Lipinski definition) is 2. The topological polar surface area (TPSA) is 11.4 Å². The lowest BCUT2D eigenvalue weighted by molar-refractivity contribution is 0.195. The Morgan fingerprint density at radius 2 is 1.35 bits per heavy atom. The first kappa shape index (κ1) is 30.3. The third-order valence-electron chi connectivity index (χ3n) is 13.8. The van der Waals surface area contributed by atoms with Gasteiger partial charge in [0.25, 0.3) is 6.71 Å². The lowest BCUT2D eigenvalue weighted by atomic mass is 9.33. The van der Waals surface area contributed by atoms with Crippen LogP contribution in [0, 0.1) is 12.1 Å². The molecule has 0 spiro atoms. The molecule has 4 heteroatoms. The molecule has 4 heterocycles. The van der Waals surface area contributed by atoms with Crippen LogP contribution in [0.1, 0.15) is 45.1 Å². The molecule has 1 aliphatic carbocycles. The van der Waals surface area contributed by atoms with Crippen LogP contribution in [0.3, 0.4) is 0 Å². The predicted molar refractivity (Wildman–Crippen MR) is 226 cm³/mol. The average Bonchev–Trinajstić information content (AvgIpc) is 3.66. The molecule has 0 N–H and O–H groups in total. The lowest BCUT2D eigenvalue weighted by Crippen LogP contribution is -2.64.